The molecule has 0 bridgehead atoms. The number of fused-ring (bicyclic) bond motifs is 1. The number of hydrogen-bond acceptors (Lipinski definition) is 9. The highest BCUT2D eigenvalue weighted by atomic mass is 19.1. The van der Waals surface area contributed by atoms with E-state index in [0.29, 0.717) is 0 Å². The normalized spacial score (nSPS) is 28.7. The van der Waals surface area contributed by atoms with Crippen LogP contribution in [0.4, 0.5) is 8.78 Å². The van der Waals surface area contributed by atoms with E-state index in [1.807, 2.05) is 0 Å². The summed E-state index contributed by atoms with van der Waals surface area (Å²) in [6.45, 7) is 1.44. The number of hydrogen-bond donors (Lipinski definition) is 5. The molecular formula is C16H16F2O9. The van der Waals surface area contributed by atoms with E-state index in [4.69, 9.17) is 13.9 Å². The molecule has 1 unspecified atom stereocenters. The average Bonchev–Trinajstić information content (AvgIpc) is 2.59. The average molecular weight is 390 g/mol. The van der Waals surface area contributed by atoms with Gasteiger partial charge in [-0.1, -0.05) is 0 Å². The molecule has 9 nitrogen and oxygen atoms in total. The lowest BCUT2D eigenvalue weighted by molar-refractivity contribution is -0.310. The molecule has 0 spiro atoms. The zero-order chi connectivity index (χ0) is 20.0. The van der Waals surface area contributed by atoms with Gasteiger partial charge >= 0.3 is 5.63 Å². The van der Waals surface area contributed by atoms with Crippen molar-refractivity contribution in [3.63, 3.8) is 0 Å². The van der Waals surface area contributed by atoms with Crippen molar-refractivity contribution in [3.8, 4) is 5.75 Å². The van der Waals surface area contributed by atoms with E-state index >= 15 is 0 Å². The molecule has 0 aliphatic carbocycles. The minimum atomic E-state index is -2.28. The highest BCUT2D eigenvalue weighted by Gasteiger charge is 2.47. The molecule has 11 heteroatoms. The first-order valence-electron chi connectivity index (χ1n) is 7.76. The molecule has 0 amide bonds. The Morgan fingerprint density at radius 1 is 1.11 bits per heavy atom. The van der Waals surface area contributed by atoms with Crippen LogP contribution in [-0.4, -0.2) is 62.5 Å². The third kappa shape index (κ3) is 3.40. The first kappa shape index (κ1) is 19.6. The standard InChI is InChI=1S/C16H16F2O9/c1-4-2-7(19)25-12-5(4)3-6(17)13(8(12)18)26-16-11(22)9(20)10(21)14(27-16)15(23)24/h2-3,9-11,14-16,20-24H,1H3/t9-,10-,11+,14-,16?/m0/s1. The first-order chi connectivity index (χ1) is 12.6. The summed E-state index contributed by atoms with van der Waals surface area (Å²) in [4.78, 5) is 11.4. The molecular weight excluding hydrogens is 374 g/mol. The van der Waals surface area contributed by atoms with Crippen LogP contribution in [0.2, 0.25) is 0 Å². The molecule has 5 N–H and O–H groups in total. The molecule has 0 radical (unpaired) electrons. The topological polar surface area (TPSA) is 150 Å². The number of benzene rings is 1. The van der Waals surface area contributed by atoms with Gasteiger partial charge in [0.25, 0.3) is 0 Å². The van der Waals surface area contributed by atoms with Crippen molar-refractivity contribution in [1.82, 2.24) is 0 Å². The van der Waals surface area contributed by atoms with Gasteiger partial charge in [0.15, 0.2) is 23.4 Å². The van der Waals surface area contributed by atoms with Crippen LogP contribution in [0, 0.1) is 18.6 Å². The third-order valence-corrected chi connectivity index (χ3v) is 4.23. The van der Waals surface area contributed by atoms with Crippen molar-refractivity contribution < 1.29 is 48.2 Å². The summed E-state index contributed by atoms with van der Waals surface area (Å²) in [6.07, 6.45) is -11.9. The Labute approximate surface area is 149 Å². The molecule has 1 aliphatic heterocycles. The zero-order valence-electron chi connectivity index (χ0n) is 13.7. The lowest BCUT2D eigenvalue weighted by Gasteiger charge is -2.40. The first-order valence-corrected chi connectivity index (χ1v) is 7.76. The predicted molar refractivity (Wildman–Crippen MR) is 82.7 cm³/mol. The van der Waals surface area contributed by atoms with Gasteiger partial charge < -0.3 is 39.4 Å². The molecule has 0 saturated carbocycles. The molecule has 2 aromatic rings. The van der Waals surface area contributed by atoms with Crippen LogP contribution >= 0.6 is 0 Å². The van der Waals surface area contributed by atoms with Crippen molar-refractivity contribution in [2.75, 3.05) is 0 Å². The minimum absolute atomic E-state index is 0.0267. The SMILES string of the molecule is Cc1cc(=O)oc2c(F)c(OC3O[C@H](C(O)O)[C@@H](O)[C@H](O)[C@H]3O)c(F)cc12. The zero-order valence-corrected chi connectivity index (χ0v) is 13.7. The maximum Gasteiger partial charge on any atom is 0.336 e. The van der Waals surface area contributed by atoms with Crippen LogP contribution in [0.1, 0.15) is 5.56 Å². The van der Waals surface area contributed by atoms with Crippen molar-refractivity contribution in [3.05, 3.63) is 39.8 Å². The summed E-state index contributed by atoms with van der Waals surface area (Å²) in [5, 5.41) is 47.7. The highest BCUT2D eigenvalue weighted by molar-refractivity contribution is 5.82. The fraction of sp³-hybridized carbons (Fsp3) is 0.438. The molecule has 1 aromatic carbocycles. The Morgan fingerprint density at radius 2 is 1.78 bits per heavy atom. The van der Waals surface area contributed by atoms with E-state index < -0.39 is 65.6 Å². The molecule has 148 valence electrons. The fourth-order valence-electron chi connectivity index (χ4n) is 2.80. The van der Waals surface area contributed by atoms with Gasteiger partial charge in [-0.15, -0.1) is 0 Å². The summed E-state index contributed by atoms with van der Waals surface area (Å²) in [6, 6.07) is 1.88. The Morgan fingerprint density at radius 3 is 2.41 bits per heavy atom. The van der Waals surface area contributed by atoms with Crippen LogP contribution in [0.3, 0.4) is 0 Å². The predicted octanol–water partition coefficient (Wildman–Crippen LogP) is -1.12. The van der Waals surface area contributed by atoms with Crippen molar-refractivity contribution in [2.24, 2.45) is 0 Å². The number of aliphatic hydroxyl groups excluding tert-OH is 4. The number of aliphatic hydroxyl groups is 5. The van der Waals surface area contributed by atoms with Crippen LogP contribution < -0.4 is 10.4 Å². The quantitative estimate of drug-likeness (QED) is 0.324. The Balaban J connectivity index is 2.02. The summed E-state index contributed by atoms with van der Waals surface area (Å²) in [5.74, 6) is -3.71. The second kappa shape index (κ2) is 7.11. The van der Waals surface area contributed by atoms with Gasteiger partial charge in [-0.3, -0.25) is 0 Å². The highest BCUT2D eigenvalue weighted by Crippen LogP contribution is 2.33. The Bertz CT molecular complexity index is 913. The van der Waals surface area contributed by atoms with E-state index in [9.17, 15) is 39.1 Å². The smallest absolute Gasteiger partial charge is 0.336 e. The summed E-state index contributed by atoms with van der Waals surface area (Å²) in [7, 11) is 0. The van der Waals surface area contributed by atoms with Crippen LogP contribution in [-0.2, 0) is 4.74 Å². The molecule has 1 aromatic heterocycles. The minimum Gasteiger partial charge on any atom is -0.456 e. The summed E-state index contributed by atoms with van der Waals surface area (Å²) >= 11 is 0. The lowest BCUT2D eigenvalue weighted by atomic mass is 9.98. The van der Waals surface area contributed by atoms with E-state index in [2.05, 4.69) is 0 Å². The van der Waals surface area contributed by atoms with Crippen LogP contribution in [0.15, 0.2) is 21.3 Å². The van der Waals surface area contributed by atoms with Crippen molar-refractivity contribution in [1.29, 1.82) is 0 Å². The van der Waals surface area contributed by atoms with E-state index in [0.717, 1.165) is 12.1 Å². The molecule has 2 heterocycles. The number of halogens is 2. The molecule has 27 heavy (non-hydrogen) atoms. The summed E-state index contributed by atoms with van der Waals surface area (Å²) < 4.78 is 43.6. The van der Waals surface area contributed by atoms with Gasteiger partial charge in [0, 0.05) is 11.5 Å². The van der Waals surface area contributed by atoms with Crippen molar-refractivity contribution >= 4 is 11.0 Å². The maximum atomic E-state index is 14.7. The monoisotopic (exact) mass is 390 g/mol. The second-order valence-corrected chi connectivity index (χ2v) is 6.10. The van der Waals surface area contributed by atoms with E-state index in [1.54, 1.807) is 0 Å². The molecule has 1 saturated heterocycles. The largest absolute Gasteiger partial charge is 0.456 e. The Hall–Kier alpha value is -2.15. The molecule has 5 atom stereocenters. The molecule has 3 rings (SSSR count). The van der Waals surface area contributed by atoms with Gasteiger partial charge in [0.05, 0.1) is 0 Å². The second-order valence-electron chi connectivity index (χ2n) is 6.10. The summed E-state index contributed by atoms with van der Waals surface area (Å²) in [5.41, 5.74) is -1.23. The van der Waals surface area contributed by atoms with Crippen molar-refractivity contribution in [2.45, 2.75) is 43.9 Å². The maximum absolute atomic E-state index is 14.7. The number of ether oxygens (including phenoxy) is 2. The van der Waals surface area contributed by atoms with Gasteiger partial charge in [-0.25, -0.2) is 9.18 Å². The third-order valence-electron chi connectivity index (χ3n) is 4.23. The number of rotatable bonds is 3. The molecule has 1 fully saturated rings. The molecule has 1 aliphatic rings. The number of aryl methyl sites for hydroxylation is 1. The Kier molecular flexibility index (Phi) is 5.16. The lowest BCUT2D eigenvalue weighted by Crippen LogP contribution is -2.62. The van der Waals surface area contributed by atoms with Crippen LogP contribution in [0.25, 0.3) is 11.0 Å². The van der Waals surface area contributed by atoms with Crippen LogP contribution in [0.5, 0.6) is 5.75 Å². The van der Waals surface area contributed by atoms with Gasteiger partial charge in [-0.05, 0) is 18.6 Å². The van der Waals surface area contributed by atoms with E-state index in [1.165, 1.54) is 6.92 Å². The fourth-order valence-corrected chi connectivity index (χ4v) is 2.80. The van der Waals surface area contributed by atoms with E-state index in [-0.39, 0.29) is 10.9 Å². The van der Waals surface area contributed by atoms with Gasteiger partial charge in [0.2, 0.25) is 12.1 Å². The van der Waals surface area contributed by atoms with Gasteiger partial charge in [0.1, 0.15) is 24.4 Å². The van der Waals surface area contributed by atoms with Gasteiger partial charge in [-0.2, -0.15) is 4.39 Å².